The second-order valence-electron chi connectivity index (χ2n) is 7.31. The first-order valence-corrected chi connectivity index (χ1v) is 24.8. The Morgan fingerprint density at radius 3 is 1.26 bits per heavy atom. The molecule has 4 aromatic rings. The van der Waals surface area contributed by atoms with Crippen LogP contribution in [0.3, 0.4) is 0 Å². The molecule has 226 valence electrons. The normalized spacial score (nSPS) is 9.05. The molecular weight excluding hydrogens is 759 g/mol. The number of phenols is 1. The lowest BCUT2D eigenvalue weighted by molar-refractivity contribution is 0.101. The Morgan fingerprint density at radius 2 is 0.884 bits per heavy atom. The Hall–Kier alpha value is -2.03. The predicted molar refractivity (Wildman–Crippen MR) is 204 cm³/mol. The van der Waals surface area contributed by atoms with Gasteiger partial charge in [-0.15, -0.1) is 0 Å². The van der Waals surface area contributed by atoms with Gasteiger partial charge in [-0.25, -0.2) is 4.39 Å². The van der Waals surface area contributed by atoms with E-state index in [0.717, 1.165) is 0 Å². The lowest BCUT2D eigenvalue weighted by atomic mass is 10.2. The second-order valence-corrected chi connectivity index (χ2v) is 23.2. The molecule has 3 N–H and O–H groups in total. The largest absolute Gasteiger partial charge is 0.508 e. The van der Waals surface area contributed by atoms with E-state index < -0.39 is 0 Å². The number of anilines is 2. The highest BCUT2D eigenvalue weighted by atomic mass is 33.4. The Morgan fingerprint density at radius 1 is 0.535 bits per heavy atom. The number of phenolic OH excluding ortho intramolecular Hbond substituents is 1. The molecular formula is C26H21FN2O3S11. The van der Waals surface area contributed by atoms with E-state index in [-0.39, 0.29) is 23.4 Å². The summed E-state index contributed by atoms with van der Waals surface area (Å²) in [6.45, 7) is 0. The van der Waals surface area contributed by atoms with Gasteiger partial charge in [-0.1, -0.05) is 36.4 Å². The van der Waals surface area contributed by atoms with Crippen LogP contribution in [0.2, 0.25) is 0 Å². The van der Waals surface area contributed by atoms with E-state index >= 15 is 0 Å². The van der Waals surface area contributed by atoms with Gasteiger partial charge in [0, 0.05) is 125 Å². The van der Waals surface area contributed by atoms with Crippen molar-refractivity contribution in [3.05, 3.63) is 126 Å². The molecule has 0 aliphatic rings. The molecule has 0 unspecified atom stereocenters. The van der Waals surface area contributed by atoms with Gasteiger partial charge < -0.3 is 15.7 Å². The van der Waals surface area contributed by atoms with E-state index in [1.807, 2.05) is 24.3 Å². The molecule has 0 fully saturated rings. The van der Waals surface area contributed by atoms with Crippen LogP contribution >= 0.6 is 0 Å². The van der Waals surface area contributed by atoms with E-state index in [9.17, 15) is 14.0 Å². The highest BCUT2D eigenvalue weighted by molar-refractivity contribution is 8.74. The summed E-state index contributed by atoms with van der Waals surface area (Å²) in [5, 5.41) is 14.5. The van der Waals surface area contributed by atoms with Crippen molar-refractivity contribution < 1.29 is 19.1 Å². The summed E-state index contributed by atoms with van der Waals surface area (Å²) >= 11 is 9.35. The molecule has 2 amide bonds. The molecule has 0 aliphatic heterocycles. The maximum absolute atomic E-state index is 12.6. The van der Waals surface area contributed by atoms with Gasteiger partial charge in [0.25, 0.3) is 11.8 Å². The van der Waals surface area contributed by atoms with Crippen LogP contribution in [0, 0.1) is 5.82 Å². The van der Waals surface area contributed by atoms with Crippen molar-refractivity contribution in [2.45, 2.75) is 0 Å². The number of halogens is 1. The summed E-state index contributed by atoms with van der Waals surface area (Å²) in [6, 6.07) is 29.9. The standard InChI is InChI=1S/C13H10FNO.C13H11NO2.S11/c14-11-6-8-12(9-7-11)15-13(16)10-4-2-1-3-5-10;15-12-8-6-11(7-9-12)14-13(16)10-4-2-1-3-5-10;1-3-5-7-9-11-10-8-6-4-2/h1-9H,(H,15,16);1-9,15H,(H,14,16);/i14-1;;. The zero-order valence-corrected chi connectivity index (χ0v) is 30.5. The number of carbonyl (C=O) groups is 2. The zero-order chi connectivity index (χ0) is 31.1. The van der Waals surface area contributed by atoms with Crippen LogP contribution in [0.5, 0.6) is 5.75 Å². The van der Waals surface area contributed by atoms with E-state index in [0.29, 0.717) is 22.5 Å². The SMILES string of the molecule is O=C(Nc1ccc(O)cc1)c1ccccc1.O=C(Nc1ccc([18F])cc1)c1ccccc1.S=S=S=S=S=S=S=S=S=S=S. The maximum atomic E-state index is 12.6. The van der Waals surface area contributed by atoms with E-state index in [4.69, 9.17) is 5.11 Å². The van der Waals surface area contributed by atoms with Gasteiger partial charge >= 0.3 is 0 Å². The summed E-state index contributed by atoms with van der Waals surface area (Å²) in [5.41, 5.74) is 2.42. The second kappa shape index (κ2) is 23.4. The molecule has 0 aliphatic carbocycles. The lowest BCUT2D eigenvalue weighted by Crippen LogP contribution is -2.11. The van der Waals surface area contributed by atoms with Gasteiger partial charge in [-0.3, -0.25) is 9.59 Å². The van der Waals surface area contributed by atoms with Crippen LogP contribution in [0.4, 0.5) is 15.8 Å². The molecule has 0 bridgehead atoms. The van der Waals surface area contributed by atoms with Crippen LogP contribution < -0.4 is 10.6 Å². The third-order valence-electron chi connectivity index (χ3n) is 4.52. The average molecular weight is 780 g/mol. The van der Waals surface area contributed by atoms with Crippen LogP contribution in [-0.4, -0.2) is 16.9 Å². The topological polar surface area (TPSA) is 78.4 Å². The van der Waals surface area contributed by atoms with Crippen molar-refractivity contribution in [2.75, 3.05) is 10.6 Å². The first-order chi connectivity index (χ1) is 20.9. The van der Waals surface area contributed by atoms with Crippen molar-refractivity contribution >= 4 is 125 Å². The summed E-state index contributed by atoms with van der Waals surface area (Å²) in [4.78, 5) is 23.4. The number of amides is 2. The summed E-state index contributed by atoms with van der Waals surface area (Å²) in [5.74, 6) is -0.506. The van der Waals surface area contributed by atoms with Crippen LogP contribution in [-0.2, 0) is 102 Å². The molecule has 4 aromatic carbocycles. The number of carbonyl (C=O) groups excluding carboxylic acids is 2. The average Bonchev–Trinajstić information content (AvgIpc) is 3.04. The molecule has 0 atom stereocenters. The van der Waals surface area contributed by atoms with Gasteiger partial charge in [-0.2, -0.15) is 0 Å². The molecule has 0 spiro atoms. The Labute approximate surface area is 284 Å². The van der Waals surface area contributed by atoms with Gasteiger partial charge in [0.2, 0.25) is 0 Å². The number of rotatable bonds is 4. The minimum Gasteiger partial charge on any atom is -0.508 e. The Kier molecular flexibility index (Phi) is 20.2. The molecule has 0 saturated heterocycles. The van der Waals surface area contributed by atoms with E-state index in [2.05, 4.69) is 33.0 Å². The van der Waals surface area contributed by atoms with E-state index in [1.54, 1.807) is 111 Å². The van der Waals surface area contributed by atoms with E-state index in [1.165, 1.54) is 54.2 Å². The van der Waals surface area contributed by atoms with Crippen LogP contribution in [0.15, 0.2) is 109 Å². The van der Waals surface area contributed by atoms with Crippen molar-refractivity contribution in [1.82, 2.24) is 0 Å². The molecule has 0 radical (unpaired) electrons. The zero-order valence-electron chi connectivity index (χ0n) is 21.5. The molecule has 17 heteroatoms. The first kappa shape index (κ1) is 37.2. The van der Waals surface area contributed by atoms with Crippen molar-refractivity contribution in [3.8, 4) is 5.75 Å². The van der Waals surface area contributed by atoms with Gasteiger partial charge in [-0.05, 0) is 72.8 Å². The third kappa shape index (κ3) is 17.1. The van der Waals surface area contributed by atoms with Crippen molar-refractivity contribution in [2.24, 2.45) is 0 Å². The highest BCUT2D eigenvalue weighted by Crippen LogP contribution is 2.14. The molecule has 0 saturated carbocycles. The summed E-state index contributed by atoms with van der Waals surface area (Å²) in [7, 11) is 14.5. The minimum absolute atomic E-state index is 0.161. The van der Waals surface area contributed by atoms with Gasteiger partial charge in [0.1, 0.15) is 11.6 Å². The summed E-state index contributed by atoms with van der Waals surface area (Å²) < 4.78 is 12.6. The molecule has 4 rings (SSSR count). The van der Waals surface area contributed by atoms with Crippen molar-refractivity contribution in [1.29, 1.82) is 0 Å². The molecule has 43 heavy (non-hydrogen) atoms. The van der Waals surface area contributed by atoms with Crippen LogP contribution in [0.25, 0.3) is 0 Å². The predicted octanol–water partition coefficient (Wildman–Crippen LogP) is 5.70. The van der Waals surface area contributed by atoms with Crippen LogP contribution in [0.1, 0.15) is 20.7 Å². The molecule has 0 aromatic heterocycles. The third-order valence-corrected chi connectivity index (χ3v) is 22.3. The highest BCUT2D eigenvalue weighted by Gasteiger charge is 2.05. The number of benzene rings is 4. The molecule has 0 heterocycles. The Balaban J connectivity index is 0.000000231. The number of nitrogens with one attached hydrogen (secondary N) is 2. The fraction of sp³-hybridized carbons (Fsp3) is 0. The first-order valence-electron chi connectivity index (χ1n) is 11.5. The fourth-order valence-corrected chi connectivity index (χ4v) is 22.0. The fourth-order valence-electron chi connectivity index (χ4n) is 2.74. The van der Waals surface area contributed by atoms with Crippen molar-refractivity contribution in [3.63, 3.8) is 0 Å². The van der Waals surface area contributed by atoms with Gasteiger partial charge in [0.15, 0.2) is 0 Å². The number of hydrogen-bond donors (Lipinski definition) is 3. The maximum Gasteiger partial charge on any atom is 0.255 e. The number of aromatic hydroxyl groups is 1. The molecule has 5 nitrogen and oxygen atoms in total. The summed E-state index contributed by atoms with van der Waals surface area (Å²) in [6.07, 6.45) is 0. The van der Waals surface area contributed by atoms with Gasteiger partial charge in [0.05, 0.1) is 0 Å². The Bertz CT molecular complexity index is 1740. The lowest BCUT2D eigenvalue weighted by Gasteiger charge is -2.04. The quantitative estimate of drug-likeness (QED) is 0.232. The monoisotopic (exact) mass is 779 g/mol. The smallest absolute Gasteiger partial charge is 0.255 e. The minimum atomic E-state index is -0.322. The number of hydrogen-bond acceptors (Lipinski definition) is 5.